The Bertz CT molecular complexity index is 342. The number of rotatable bonds is 4. The maximum Gasteiger partial charge on any atom is 0.405 e. The first kappa shape index (κ1) is 16.5. The second kappa shape index (κ2) is 7.39. The molecule has 1 amide bonds. The van der Waals surface area contributed by atoms with E-state index in [0.717, 1.165) is 0 Å². The standard InChI is InChI=1S/C12H20F3N3O3/c13-12(14,15)10(18-3-1-16-2-4-18)7-17-11(19)9-8-20-5-6-21-9/h9-10,16H,1-8H2,(H,17,19). The van der Waals surface area contributed by atoms with Crippen molar-refractivity contribution in [3.63, 3.8) is 0 Å². The summed E-state index contributed by atoms with van der Waals surface area (Å²) in [7, 11) is 0. The quantitative estimate of drug-likeness (QED) is 0.723. The third kappa shape index (κ3) is 4.80. The summed E-state index contributed by atoms with van der Waals surface area (Å²) < 4.78 is 49.6. The monoisotopic (exact) mass is 311 g/mol. The predicted molar refractivity (Wildman–Crippen MR) is 67.9 cm³/mol. The van der Waals surface area contributed by atoms with E-state index in [-0.39, 0.29) is 13.2 Å². The van der Waals surface area contributed by atoms with Crippen molar-refractivity contribution in [1.29, 1.82) is 0 Å². The Hall–Kier alpha value is -0.900. The molecule has 0 aromatic carbocycles. The fraction of sp³-hybridized carbons (Fsp3) is 0.917. The van der Waals surface area contributed by atoms with Gasteiger partial charge in [0.1, 0.15) is 6.04 Å². The molecule has 2 saturated heterocycles. The van der Waals surface area contributed by atoms with Crippen molar-refractivity contribution >= 4 is 5.91 Å². The average Bonchev–Trinajstić information content (AvgIpc) is 2.48. The number of halogens is 3. The Morgan fingerprint density at radius 3 is 2.62 bits per heavy atom. The highest BCUT2D eigenvalue weighted by atomic mass is 19.4. The lowest BCUT2D eigenvalue weighted by atomic mass is 10.2. The van der Waals surface area contributed by atoms with E-state index >= 15 is 0 Å². The SMILES string of the molecule is O=C(NCC(N1CCNCC1)C(F)(F)F)C1COCCO1. The first-order valence-electron chi connectivity index (χ1n) is 6.97. The van der Waals surface area contributed by atoms with Crippen molar-refractivity contribution in [1.82, 2.24) is 15.5 Å². The summed E-state index contributed by atoms with van der Waals surface area (Å²) >= 11 is 0. The molecule has 2 rings (SSSR count). The van der Waals surface area contributed by atoms with Gasteiger partial charge in [-0.2, -0.15) is 13.2 Å². The van der Waals surface area contributed by atoms with Crippen LogP contribution in [0.5, 0.6) is 0 Å². The number of hydrogen-bond donors (Lipinski definition) is 2. The van der Waals surface area contributed by atoms with Crippen LogP contribution in [-0.4, -0.2) is 81.7 Å². The van der Waals surface area contributed by atoms with Gasteiger partial charge in [0, 0.05) is 32.7 Å². The molecule has 9 heteroatoms. The fourth-order valence-electron chi connectivity index (χ4n) is 2.40. The number of amides is 1. The van der Waals surface area contributed by atoms with E-state index in [0.29, 0.717) is 32.8 Å². The van der Waals surface area contributed by atoms with Gasteiger partial charge in [-0.15, -0.1) is 0 Å². The van der Waals surface area contributed by atoms with Crippen molar-refractivity contribution in [2.24, 2.45) is 0 Å². The minimum atomic E-state index is -4.38. The molecule has 0 spiro atoms. The predicted octanol–water partition coefficient (Wildman–Crippen LogP) is -0.646. The zero-order valence-corrected chi connectivity index (χ0v) is 11.6. The first-order chi connectivity index (χ1) is 9.98. The number of carbonyl (C=O) groups excluding carboxylic acids is 1. The zero-order valence-electron chi connectivity index (χ0n) is 11.6. The molecule has 0 aliphatic carbocycles. The number of nitrogens with one attached hydrogen (secondary N) is 2. The van der Waals surface area contributed by atoms with E-state index in [2.05, 4.69) is 10.6 Å². The molecule has 6 nitrogen and oxygen atoms in total. The molecule has 0 aromatic heterocycles. The van der Waals surface area contributed by atoms with Gasteiger partial charge in [-0.25, -0.2) is 0 Å². The van der Waals surface area contributed by atoms with Crippen LogP contribution in [0.1, 0.15) is 0 Å². The fourth-order valence-corrected chi connectivity index (χ4v) is 2.40. The van der Waals surface area contributed by atoms with E-state index < -0.39 is 30.8 Å². The number of nitrogens with zero attached hydrogens (tertiary/aromatic N) is 1. The Morgan fingerprint density at radius 1 is 1.33 bits per heavy atom. The minimum absolute atomic E-state index is 0.0795. The van der Waals surface area contributed by atoms with Gasteiger partial charge < -0.3 is 20.1 Å². The second-order valence-electron chi connectivity index (χ2n) is 5.02. The summed E-state index contributed by atoms with van der Waals surface area (Å²) in [6, 6.07) is -1.67. The molecule has 2 unspecified atom stereocenters. The molecular formula is C12H20F3N3O3. The molecule has 21 heavy (non-hydrogen) atoms. The van der Waals surface area contributed by atoms with Gasteiger partial charge >= 0.3 is 6.18 Å². The van der Waals surface area contributed by atoms with Crippen molar-refractivity contribution in [3.05, 3.63) is 0 Å². The number of piperazine rings is 1. The van der Waals surface area contributed by atoms with Crippen molar-refractivity contribution in [2.45, 2.75) is 18.3 Å². The van der Waals surface area contributed by atoms with Gasteiger partial charge in [0.2, 0.25) is 0 Å². The highest BCUT2D eigenvalue weighted by molar-refractivity contribution is 5.81. The van der Waals surface area contributed by atoms with Crippen LogP contribution in [0.4, 0.5) is 13.2 Å². The van der Waals surface area contributed by atoms with E-state index in [1.807, 2.05) is 0 Å². The number of carbonyl (C=O) groups is 1. The van der Waals surface area contributed by atoms with E-state index in [9.17, 15) is 18.0 Å². The Balaban J connectivity index is 1.87. The molecule has 0 radical (unpaired) electrons. The van der Waals surface area contributed by atoms with Gasteiger partial charge in [-0.1, -0.05) is 0 Å². The molecule has 0 saturated carbocycles. The van der Waals surface area contributed by atoms with Crippen molar-refractivity contribution < 1.29 is 27.4 Å². The summed E-state index contributed by atoms with van der Waals surface area (Å²) in [6.45, 7) is 1.93. The largest absolute Gasteiger partial charge is 0.405 e. The molecule has 2 aliphatic rings. The molecule has 2 fully saturated rings. The van der Waals surface area contributed by atoms with Gasteiger partial charge in [0.15, 0.2) is 6.10 Å². The molecule has 2 atom stereocenters. The number of alkyl halides is 3. The van der Waals surface area contributed by atoms with Crippen LogP contribution in [0.2, 0.25) is 0 Å². The molecule has 0 aromatic rings. The summed E-state index contributed by atoms with van der Waals surface area (Å²) in [4.78, 5) is 13.1. The summed E-state index contributed by atoms with van der Waals surface area (Å²) in [6.07, 6.45) is -5.20. The van der Waals surface area contributed by atoms with Crippen LogP contribution < -0.4 is 10.6 Å². The second-order valence-corrected chi connectivity index (χ2v) is 5.02. The Kier molecular flexibility index (Phi) is 5.80. The van der Waals surface area contributed by atoms with E-state index in [1.165, 1.54) is 4.90 Å². The number of ether oxygens (including phenoxy) is 2. The average molecular weight is 311 g/mol. The first-order valence-corrected chi connectivity index (χ1v) is 6.97. The lowest BCUT2D eigenvalue weighted by molar-refractivity contribution is -0.184. The lowest BCUT2D eigenvalue weighted by Crippen LogP contribution is -2.58. The third-order valence-electron chi connectivity index (χ3n) is 3.55. The maximum atomic E-state index is 13.1. The van der Waals surface area contributed by atoms with Crippen LogP contribution in [-0.2, 0) is 14.3 Å². The Labute approximate surface area is 120 Å². The van der Waals surface area contributed by atoms with Gasteiger partial charge in [0.05, 0.1) is 19.8 Å². The topological polar surface area (TPSA) is 62.8 Å². The van der Waals surface area contributed by atoms with Crippen LogP contribution in [0.3, 0.4) is 0 Å². The Morgan fingerprint density at radius 2 is 2.05 bits per heavy atom. The normalized spacial score (nSPS) is 26.3. The van der Waals surface area contributed by atoms with E-state index in [4.69, 9.17) is 9.47 Å². The summed E-state index contributed by atoms with van der Waals surface area (Å²) in [5, 5.41) is 5.34. The molecule has 0 bridgehead atoms. The zero-order chi connectivity index (χ0) is 15.3. The molecule has 2 heterocycles. The minimum Gasteiger partial charge on any atom is -0.376 e. The molecule has 2 N–H and O–H groups in total. The smallest absolute Gasteiger partial charge is 0.376 e. The van der Waals surface area contributed by atoms with Gasteiger partial charge in [0.25, 0.3) is 5.91 Å². The number of hydrogen-bond acceptors (Lipinski definition) is 5. The van der Waals surface area contributed by atoms with Crippen LogP contribution in [0, 0.1) is 0 Å². The highest BCUT2D eigenvalue weighted by Crippen LogP contribution is 2.24. The van der Waals surface area contributed by atoms with Crippen LogP contribution >= 0.6 is 0 Å². The summed E-state index contributed by atoms with van der Waals surface area (Å²) in [5.41, 5.74) is 0. The van der Waals surface area contributed by atoms with E-state index in [1.54, 1.807) is 0 Å². The molecular weight excluding hydrogens is 291 g/mol. The highest BCUT2D eigenvalue weighted by Gasteiger charge is 2.44. The third-order valence-corrected chi connectivity index (χ3v) is 3.55. The van der Waals surface area contributed by atoms with Gasteiger partial charge in [-0.05, 0) is 0 Å². The van der Waals surface area contributed by atoms with Crippen LogP contribution in [0.25, 0.3) is 0 Å². The summed E-state index contributed by atoms with van der Waals surface area (Å²) in [5.74, 6) is -0.556. The molecule has 122 valence electrons. The molecule has 2 aliphatic heterocycles. The van der Waals surface area contributed by atoms with Gasteiger partial charge in [-0.3, -0.25) is 9.69 Å². The lowest BCUT2D eigenvalue weighted by Gasteiger charge is -2.36. The van der Waals surface area contributed by atoms with Crippen molar-refractivity contribution in [2.75, 3.05) is 52.5 Å². The maximum absolute atomic E-state index is 13.1. The van der Waals surface area contributed by atoms with Crippen LogP contribution in [0.15, 0.2) is 0 Å². The van der Waals surface area contributed by atoms with Crippen molar-refractivity contribution in [3.8, 4) is 0 Å².